The van der Waals surface area contributed by atoms with Gasteiger partial charge in [-0.05, 0) is 36.4 Å². The summed E-state index contributed by atoms with van der Waals surface area (Å²) in [4.78, 5) is 18.5. The Kier molecular flexibility index (Phi) is 6.29. The van der Waals surface area contributed by atoms with E-state index in [0.29, 0.717) is 21.2 Å². The molecule has 0 saturated heterocycles. The van der Waals surface area contributed by atoms with Crippen LogP contribution < -0.4 is 14.9 Å². The minimum Gasteiger partial charge on any atom is -0.508 e. The lowest BCUT2D eigenvalue weighted by Gasteiger charge is -2.05. The number of anilines is 2. The van der Waals surface area contributed by atoms with Gasteiger partial charge in [-0.15, -0.1) is 0 Å². The fraction of sp³-hybridized carbons (Fsp3) is 0.0435. The first-order chi connectivity index (χ1) is 15.2. The number of methoxy groups -OCH3 is 1. The number of hydrogen-bond acceptors (Lipinski definition) is 8. The molecule has 1 aromatic heterocycles. The van der Waals surface area contributed by atoms with Gasteiger partial charge in [0, 0.05) is 23.5 Å². The van der Waals surface area contributed by atoms with Crippen molar-refractivity contribution in [3.63, 3.8) is 0 Å². The molecule has 0 atom stereocenters. The van der Waals surface area contributed by atoms with Crippen molar-refractivity contribution in [1.29, 1.82) is 0 Å². The highest BCUT2D eigenvalue weighted by atomic mass is 32.1. The number of para-hydroxylation sites is 2. The summed E-state index contributed by atoms with van der Waals surface area (Å²) in [6, 6.07) is 24.2. The Morgan fingerprint density at radius 3 is 2.45 bits per heavy atom. The summed E-state index contributed by atoms with van der Waals surface area (Å²) in [5.41, 5.74) is 2.35. The average molecular weight is 430 g/mol. The van der Waals surface area contributed by atoms with Crippen LogP contribution in [0.2, 0.25) is 0 Å². The first-order valence-electron chi connectivity index (χ1n) is 9.41. The fourth-order valence-corrected chi connectivity index (χ4v) is 3.43. The average Bonchev–Trinajstić information content (AvgIpc) is 2.78. The zero-order valence-electron chi connectivity index (χ0n) is 16.6. The van der Waals surface area contributed by atoms with Gasteiger partial charge in [-0.3, -0.25) is 0 Å². The molecule has 0 unspecified atom stereocenters. The molecule has 3 aromatic carbocycles. The highest BCUT2D eigenvalue weighted by Gasteiger charge is 2.04. The number of nitrogens with one attached hydrogen (secondary N) is 1. The summed E-state index contributed by atoms with van der Waals surface area (Å²) in [6.45, 7) is 0. The molecule has 31 heavy (non-hydrogen) atoms. The molecule has 0 aliphatic heterocycles. The summed E-state index contributed by atoms with van der Waals surface area (Å²) >= 11 is 1.32. The third-order valence-corrected chi connectivity index (χ3v) is 4.82. The van der Waals surface area contributed by atoms with Crippen molar-refractivity contribution in [3.05, 3.63) is 89.2 Å². The number of hydrogen-bond donors (Lipinski definition) is 2. The van der Waals surface area contributed by atoms with Gasteiger partial charge in [0.05, 0.1) is 12.8 Å². The Bertz CT molecular complexity index is 1260. The number of aromatic hydroxyl groups is 1. The van der Waals surface area contributed by atoms with E-state index in [-0.39, 0.29) is 11.7 Å². The second-order valence-electron chi connectivity index (χ2n) is 6.37. The maximum absolute atomic E-state index is 9.84. The van der Waals surface area contributed by atoms with Crippen LogP contribution in [-0.2, 0) is 0 Å². The van der Waals surface area contributed by atoms with Crippen molar-refractivity contribution >= 4 is 40.0 Å². The van der Waals surface area contributed by atoms with Crippen LogP contribution in [0.3, 0.4) is 0 Å². The third kappa shape index (κ3) is 5.74. The highest BCUT2D eigenvalue weighted by Crippen LogP contribution is 2.22. The van der Waals surface area contributed by atoms with Gasteiger partial charge in [-0.1, -0.05) is 47.7 Å². The smallest absolute Gasteiger partial charge is 0.254 e. The lowest BCUT2D eigenvalue weighted by Crippen LogP contribution is -2.06. The van der Waals surface area contributed by atoms with Gasteiger partial charge >= 0.3 is 0 Å². The Balaban J connectivity index is 1.72. The normalized spacial score (nSPS) is 11.6. The number of rotatable bonds is 6. The number of aromatic nitrogens is 2. The van der Waals surface area contributed by atoms with Gasteiger partial charge in [0.15, 0.2) is 5.13 Å². The Morgan fingerprint density at radius 2 is 1.71 bits per heavy atom. The number of aliphatic imine (C=N–C) groups is 1. The zero-order valence-corrected chi connectivity index (χ0v) is 17.5. The molecule has 0 spiro atoms. The second-order valence-corrected chi connectivity index (χ2v) is 7.33. The van der Waals surface area contributed by atoms with Crippen LogP contribution in [0.5, 0.6) is 11.5 Å². The van der Waals surface area contributed by atoms with E-state index < -0.39 is 0 Å². The van der Waals surface area contributed by atoms with Crippen LogP contribution in [0.4, 0.5) is 22.5 Å². The largest absolute Gasteiger partial charge is 0.508 e. The predicted molar refractivity (Wildman–Crippen MR) is 123 cm³/mol. The van der Waals surface area contributed by atoms with E-state index >= 15 is 0 Å². The van der Waals surface area contributed by atoms with Crippen molar-refractivity contribution in [2.24, 2.45) is 9.98 Å². The van der Waals surface area contributed by atoms with Crippen LogP contribution in [0, 0.1) is 0 Å². The summed E-state index contributed by atoms with van der Waals surface area (Å²) in [6.07, 6.45) is 1.57. The SMILES string of the molecule is COc1cc(O)cc(/C=N/c2nc(Nc3ccccc3)sc(=Nc3ccccc3)n2)c1. The molecule has 0 aliphatic carbocycles. The third-order valence-electron chi connectivity index (χ3n) is 4.07. The maximum Gasteiger partial charge on any atom is 0.254 e. The maximum atomic E-state index is 9.84. The Labute approximate surface area is 183 Å². The van der Waals surface area contributed by atoms with E-state index in [9.17, 15) is 5.11 Å². The second kappa shape index (κ2) is 9.64. The number of benzene rings is 3. The van der Waals surface area contributed by atoms with Crippen molar-refractivity contribution in [3.8, 4) is 11.5 Å². The van der Waals surface area contributed by atoms with Crippen LogP contribution in [-0.4, -0.2) is 28.4 Å². The minimum absolute atomic E-state index is 0.0863. The fourth-order valence-electron chi connectivity index (χ4n) is 2.68. The number of phenols is 1. The zero-order chi connectivity index (χ0) is 21.5. The van der Waals surface area contributed by atoms with Crippen molar-refractivity contribution < 1.29 is 9.84 Å². The monoisotopic (exact) mass is 429 g/mol. The van der Waals surface area contributed by atoms with Crippen LogP contribution in [0.25, 0.3) is 0 Å². The number of phenolic OH excluding ortho intramolecular Hbond substituents is 1. The first kappa shape index (κ1) is 20.2. The topological polar surface area (TPSA) is 92.0 Å². The molecule has 0 radical (unpaired) electrons. The van der Waals surface area contributed by atoms with Crippen molar-refractivity contribution in [2.45, 2.75) is 0 Å². The molecule has 4 rings (SSSR count). The van der Waals surface area contributed by atoms with Gasteiger partial charge in [0.1, 0.15) is 11.5 Å². The van der Waals surface area contributed by atoms with E-state index in [1.54, 1.807) is 18.3 Å². The predicted octanol–water partition coefficient (Wildman–Crippen LogP) is 4.98. The summed E-state index contributed by atoms with van der Waals surface area (Å²) in [5.74, 6) is 0.862. The van der Waals surface area contributed by atoms with Gasteiger partial charge in [-0.25, -0.2) is 9.98 Å². The molecule has 0 fully saturated rings. The molecule has 8 heteroatoms. The molecule has 2 N–H and O–H groups in total. The van der Waals surface area contributed by atoms with Gasteiger partial charge in [-0.2, -0.15) is 9.97 Å². The summed E-state index contributed by atoms with van der Waals surface area (Å²) in [7, 11) is 1.54. The van der Waals surface area contributed by atoms with Crippen LogP contribution in [0.15, 0.2) is 88.8 Å². The van der Waals surface area contributed by atoms with E-state index in [1.807, 2.05) is 60.7 Å². The first-order valence-corrected chi connectivity index (χ1v) is 10.2. The molecule has 7 nitrogen and oxygen atoms in total. The molecule has 4 aromatic rings. The summed E-state index contributed by atoms with van der Waals surface area (Å²) < 4.78 is 5.18. The molecular weight excluding hydrogens is 410 g/mol. The van der Waals surface area contributed by atoms with E-state index in [1.165, 1.54) is 24.5 Å². The molecule has 1 heterocycles. The molecule has 0 amide bonds. The van der Waals surface area contributed by atoms with E-state index in [2.05, 4.69) is 25.3 Å². The number of ether oxygens (including phenoxy) is 1. The lowest BCUT2D eigenvalue weighted by molar-refractivity contribution is 0.407. The molecule has 0 saturated carbocycles. The van der Waals surface area contributed by atoms with E-state index in [0.717, 1.165) is 11.4 Å². The molecular formula is C23H19N5O2S. The van der Waals surface area contributed by atoms with Crippen LogP contribution >= 0.6 is 11.3 Å². The van der Waals surface area contributed by atoms with E-state index in [4.69, 9.17) is 4.74 Å². The quantitative estimate of drug-likeness (QED) is 0.422. The molecule has 0 bridgehead atoms. The van der Waals surface area contributed by atoms with Gasteiger partial charge < -0.3 is 15.2 Å². The van der Waals surface area contributed by atoms with Crippen molar-refractivity contribution in [2.75, 3.05) is 12.4 Å². The highest BCUT2D eigenvalue weighted by molar-refractivity contribution is 7.12. The number of nitrogens with zero attached hydrogens (tertiary/aromatic N) is 4. The van der Waals surface area contributed by atoms with Crippen molar-refractivity contribution in [1.82, 2.24) is 9.97 Å². The standard InChI is InChI=1S/C23H19N5O2S/c1-30-20-13-16(12-19(29)14-20)15-24-21-27-22(25-17-8-4-2-5-9-17)31-23(28-21)26-18-10-6-3-7-11-18/h2-15,29H,1H3,(H,25,26,27,28)/b24-15+. The molecule has 0 aliphatic rings. The van der Waals surface area contributed by atoms with Crippen LogP contribution in [0.1, 0.15) is 5.56 Å². The van der Waals surface area contributed by atoms with Gasteiger partial charge in [0.2, 0.25) is 4.80 Å². The summed E-state index contributed by atoms with van der Waals surface area (Å²) in [5, 5.41) is 13.7. The van der Waals surface area contributed by atoms with Gasteiger partial charge in [0.25, 0.3) is 5.95 Å². The molecule has 154 valence electrons. The Hall–Kier alpha value is -4.04. The minimum atomic E-state index is 0.0863. The Morgan fingerprint density at radius 1 is 0.968 bits per heavy atom. The lowest BCUT2D eigenvalue weighted by atomic mass is 10.2.